The fraction of sp³-hybridized carbons (Fsp3) is 0.462. The molecule has 1 aliphatic heterocycles. The van der Waals surface area contributed by atoms with Gasteiger partial charge in [0.15, 0.2) is 0 Å². The molecule has 4 rings (SSSR count). The second-order valence-electron chi connectivity index (χ2n) is 8.56. The molecule has 2 aromatic rings. The number of benzene rings is 2. The second-order valence-corrected chi connectivity index (χ2v) is 8.56. The van der Waals surface area contributed by atoms with Gasteiger partial charge in [-0.1, -0.05) is 49.4 Å². The van der Waals surface area contributed by atoms with Crippen LogP contribution in [0.4, 0.5) is 0 Å². The molecule has 30 heavy (non-hydrogen) atoms. The zero-order chi connectivity index (χ0) is 20.9. The highest BCUT2D eigenvalue weighted by molar-refractivity contribution is 5.94. The minimum absolute atomic E-state index is 0.00881. The molecule has 1 heterocycles. The Morgan fingerprint density at radius 1 is 0.967 bits per heavy atom. The van der Waals surface area contributed by atoms with E-state index in [1.807, 2.05) is 35.2 Å². The number of hydrogen-bond donors (Lipinski definition) is 0. The van der Waals surface area contributed by atoms with E-state index < -0.39 is 0 Å². The molecule has 2 aromatic carbocycles. The van der Waals surface area contributed by atoms with E-state index in [9.17, 15) is 9.59 Å². The second kappa shape index (κ2) is 9.46. The molecular formula is C26H32N2O2. The Morgan fingerprint density at radius 2 is 1.67 bits per heavy atom. The average Bonchev–Trinajstić information content (AvgIpc) is 2.82. The summed E-state index contributed by atoms with van der Waals surface area (Å²) in [6.45, 7) is 4.37. The Bertz CT molecular complexity index is 872. The van der Waals surface area contributed by atoms with Gasteiger partial charge in [0.05, 0.1) is 5.92 Å². The van der Waals surface area contributed by atoms with Crippen LogP contribution < -0.4 is 0 Å². The van der Waals surface area contributed by atoms with Crippen LogP contribution in [-0.2, 0) is 11.2 Å². The summed E-state index contributed by atoms with van der Waals surface area (Å²) < 4.78 is 0. The summed E-state index contributed by atoms with van der Waals surface area (Å²) in [7, 11) is 0. The van der Waals surface area contributed by atoms with Crippen LogP contribution in [-0.4, -0.2) is 47.3 Å². The van der Waals surface area contributed by atoms with E-state index >= 15 is 0 Å². The Labute approximate surface area is 179 Å². The zero-order valence-corrected chi connectivity index (χ0v) is 17.9. The number of carbonyl (C=O) groups is 2. The van der Waals surface area contributed by atoms with Crippen molar-refractivity contribution < 1.29 is 9.59 Å². The van der Waals surface area contributed by atoms with E-state index in [1.165, 1.54) is 11.1 Å². The normalized spacial score (nSPS) is 19.2. The van der Waals surface area contributed by atoms with Crippen molar-refractivity contribution in [3.63, 3.8) is 0 Å². The van der Waals surface area contributed by atoms with Gasteiger partial charge >= 0.3 is 0 Å². The lowest BCUT2D eigenvalue weighted by molar-refractivity contribution is -0.136. The van der Waals surface area contributed by atoms with Gasteiger partial charge in [-0.3, -0.25) is 9.59 Å². The van der Waals surface area contributed by atoms with Gasteiger partial charge in [-0.05, 0) is 61.8 Å². The average molecular weight is 405 g/mol. The van der Waals surface area contributed by atoms with Crippen molar-refractivity contribution in [1.82, 2.24) is 9.80 Å². The SMILES string of the molecule is CCCN(C(=O)C1CCCc2ccccc21)C1CCN(C(=O)c2ccccc2)CC1. The van der Waals surface area contributed by atoms with E-state index in [-0.39, 0.29) is 23.8 Å². The number of piperidine rings is 1. The first-order chi connectivity index (χ1) is 14.7. The van der Waals surface area contributed by atoms with Crippen LogP contribution in [0.1, 0.15) is 66.4 Å². The van der Waals surface area contributed by atoms with Crippen molar-refractivity contribution in [1.29, 1.82) is 0 Å². The first-order valence-electron chi connectivity index (χ1n) is 11.4. The number of nitrogens with zero attached hydrogens (tertiary/aromatic N) is 2. The molecule has 1 fully saturated rings. The van der Waals surface area contributed by atoms with Gasteiger partial charge < -0.3 is 9.80 Å². The van der Waals surface area contributed by atoms with E-state index in [4.69, 9.17) is 0 Å². The molecule has 1 atom stereocenters. The Morgan fingerprint density at radius 3 is 2.40 bits per heavy atom. The molecule has 4 nitrogen and oxygen atoms in total. The van der Waals surface area contributed by atoms with Gasteiger partial charge in [-0.2, -0.15) is 0 Å². The standard InChI is InChI=1S/C26H32N2O2/c1-2-17-28(26(30)24-14-8-12-20-9-6-7-13-23(20)24)22-15-18-27(19-16-22)25(29)21-10-4-3-5-11-21/h3-7,9-11,13,22,24H,2,8,12,14-19H2,1H3. The molecular weight excluding hydrogens is 372 g/mol. The summed E-state index contributed by atoms with van der Waals surface area (Å²) in [4.78, 5) is 30.5. The monoisotopic (exact) mass is 404 g/mol. The van der Waals surface area contributed by atoms with Crippen molar-refractivity contribution in [2.24, 2.45) is 0 Å². The lowest BCUT2D eigenvalue weighted by Crippen LogP contribution is -2.50. The van der Waals surface area contributed by atoms with Gasteiger partial charge in [-0.15, -0.1) is 0 Å². The summed E-state index contributed by atoms with van der Waals surface area (Å²) in [5, 5.41) is 0. The molecule has 0 bridgehead atoms. The van der Waals surface area contributed by atoms with E-state index in [0.717, 1.165) is 50.6 Å². The lowest BCUT2D eigenvalue weighted by atomic mass is 9.81. The Kier molecular flexibility index (Phi) is 6.51. The Hall–Kier alpha value is -2.62. The maximum Gasteiger partial charge on any atom is 0.253 e. The largest absolute Gasteiger partial charge is 0.339 e. The number of fused-ring (bicyclic) bond motifs is 1. The van der Waals surface area contributed by atoms with E-state index in [1.54, 1.807) is 0 Å². The number of amides is 2. The van der Waals surface area contributed by atoms with Gasteiger partial charge in [0.1, 0.15) is 0 Å². The summed E-state index contributed by atoms with van der Waals surface area (Å²) in [6, 6.07) is 18.2. The highest BCUT2D eigenvalue weighted by atomic mass is 16.2. The highest BCUT2D eigenvalue weighted by Gasteiger charge is 2.35. The van der Waals surface area contributed by atoms with Crippen LogP contribution in [0.15, 0.2) is 54.6 Å². The van der Waals surface area contributed by atoms with E-state index in [2.05, 4.69) is 36.1 Å². The maximum atomic E-state index is 13.6. The fourth-order valence-corrected chi connectivity index (χ4v) is 5.07. The molecule has 2 amide bonds. The molecule has 158 valence electrons. The third-order valence-electron chi connectivity index (χ3n) is 6.63. The van der Waals surface area contributed by atoms with Crippen molar-refractivity contribution >= 4 is 11.8 Å². The molecule has 0 spiro atoms. The molecule has 1 saturated heterocycles. The summed E-state index contributed by atoms with van der Waals surface area (Å²) >= 11 is 0. The van der Waals surface area contributed by atoms with Gasteiger partial charge in [0, 0.05) is 31.2 Å². The molecule has 0 radical (unpaired) electrons. The molecule has 4 heteroatoms. The predicted molar refractivity (Wildman–Crippen MR) is 119 cm³/mol. The van der Waals surface area contributed by atoms with Crippen LogP contribution >= 0.6 is 0 Å². The molecule has 0 saturated carbocycles. The van der Waals surface area contributed by atoms with Crippen LogP contribution in [0.25, 0.3) is 0 Å². The van der Waals surface area contributed by atoms with Crippen molar-refractivity contribution in [2.45, 2.75) is 57.4 Å². The minimum Gasteiger partial charge on any atom is -0.339 e. The number of hydrogen-bond acceptors (Lipinski definition) is 2. The van der Waals surface area contributed by atoms with Gasteiger partial charge in [0.25, 0.3) is 5.91 Å². The minimum atomic E-state index is -0.00881. The van der Waals surface area contributed by atoms with Crippen LogP contribution in [0, 0.1) is 0 Å². The molecule has 0 N–H and O–H groups in total. The number of carbonyl (C=O) groups excluding carboxylic acids is 2. The van der Waals surface area contributed by atoms with Crippen molar-refractivity contribution in [3.05, 3.63) is 71.3 Å². The molecule has 2 aliphatic rings. The van der Waals surface area contributed by atoms with Crippen molar-refractivity contribution in [2.75, 3.05) is 19.6 Å². The first-order valence-corrected chi connectivity index (χ1v) is 11.4. The summed E-state index contributed by atoms with van der Waals surface area (Å²) in [5.74, 6) is 0.381. The van der Waals surface area contributed by atoms with Crippen molar-refractivity contribution in [3.8, 4) is 0 Å². The third-order valence-corrected chi connectivity index (χ3v) is 6.63. The van der Waals surface area contributed by atoms with Gasteiger partial charge in [0.2, 0.25) is 5.91 Å². The number of likely N-dealkylation sites (tertiary alicyclic amines) is 1. The van der Waals surface area contributed by atoms with Crippen LogP contribution in [0.2, 0.25) is 0 Å². The zero-order valence-electron chi connectivity index (χ0n) is 17.9. The summed E-state index contributed by atoms with van der Waals surface area (Å²) in [6.07, 6.45) is 5.78. The lowest BCUT2D eigenvalue weighted by Gasteiger charge is -2.40. The van der Waals surface area contributed by atoms with E-state index in [0.29, 0.717) is 13.1 Å². The topological polar surface area (TPSA) is 40.6 Å². The smallest absolute Gasteiger partial charge is 0.253 e. The fourth-order valence-electron chi connectivity index (χ4n) is 5.07. The first kappa shape index (κ1) is 20.6. The quantitative estimate of drug-likeness (QED) is 0.728. The maximum absolute atomic E-state index is 13.6. The third kappa shape index (κ3) is 4.28. The highest BCUT2D eigenvalue weighted by Crippen LogP contribution is 2.34. The van der Waals surface area contributed by atoms with Gasteiger partial charge in [-0.25, -0.2) is 0 Å². The predicted octanol–water partition coefficient (Wildman–Crippen LogP) is 4.65. The summed E-state index contributed by atoms with van der Waals surface area (Å²) in [5.41, 5.74) is 3.31. The molecule has 1 aliphatic carbocycles. The number of aryl methyl sites for hydroxylation is 1. The molecule has 0 aromatic heterocycles. The van der Waals surface area contributed by atoms with Crippen LogP contribution in [0.5, 0.6) is 0 Å². The number of rotatable bonds is 5. The Balaban J connectivity index is 1.44. The van der Waals surface area contributed by atoms with Crippen LogP contribution in [0.3, 0.4) is 0 Å². The molecule has 1 unspecified atom stereocenters.